The van der Waals surface area contributed by atoms with Crippen molar-refractivity contribution in [2.45, 2.75) is 59.3 Å². The highest BCUT2D eigenvalue weighted by Crippen LogP contribution is 2.30. The van der Waals surface area contributed by atoms with Crippen LogP contribution in [-0.4, -0.2) is 35.9 Å². The monoisotopic (exact) mass is 380 g/mol. The van der Waals surface area contributed by atoms with Crippen molar-refractivity contribution in [3.8, 4) is 11.5 Å². The Kier molecular flexibility index (Phi) is 9.68. The van der Waals surface area contributed by atoms with Crippen LogP contribution < -0.4 is 9.47 Å². The van der Waals surface area contributed by atoms with Gasteiger partial charge in [-0.25, -0.2) is 0 Å². The number of carbonyl (C=O) groups is 2. The first-order valence-corrected chi connectivity index (χ1v) is 9.49. The lowest BCUT2D eigenvalue weighted by molar-refractivity contribution is -0.137. The van der Waals surface area contributed by atoms with Crippen molar-refractivity contribution >= 4 is 11.9 Å². The molecular weight excluding hydrogens is 348 g/mol. The molecule has 27 heavy (non-hydrogen) atoms. The highest BCUT2D eigenvalue weighted by Gasteiger charge is 2.16. The molecule has 2 N–H and O–H groups in total. The van der Waals surface area contributed by atoms with Crippen LogP contribution >= 0.6 is 0 Å². The van der Waals surface area contributed by atoms with Gasteiger partial charge in [-0.1, -0.05) is 40.0 Å². The van der Waals surface area contributed by atoms with Gasteiger partial charge in [-0.05, 0) is 30.4 Å². The molecule has 0 amide bonds. The van der Waals surface area contributed by atoms with Crippen LogP contribution in [-0.2, 0) is 22.4 Å². The molecule has 0 aromatic heterocycles. The first-order valence-electron chi connectivity index (χ1n) is 9.49. The third kappa shape index (κ3) is 8.80. The molecule has 0 aliphatic rings. The van der Waals surface area contributed by atoms with Crippen LogP contribution in [0.5, 0.6) is 11.5 Å². The number of ether oxygens (including phenoxy) is 2. The molecule has 0 bridgehead atoms. The van der Waals surface area contributed by atoms with E-state index < -0.39 is 11.9 Å². The van der Waals surface area contributed by atoms with E-state index in [-0.39, 0.29) is 12.8 Å². The molecule has 6 heteroatoms. The van der Waals surface area contributed by atoms with Crippen molar-refractivity contribution in [2.75, 3.05) is 13.7 Å². The number of methoxy groups -OCH3 is 1. The first kappa shape index (κ1) is 22.8. The van der Waals surface area contributed by atoms with E-state index >= 15 is 0 Å². The van der Waals surface area contributed by atoms with Gasteiger partial charge >= 0.3 is 11.9 Å². The standard InChI is InChI=1S/C21H32O6/c1-14(2)6-5-7-15(3)8-9-27-19-11-16(12-20(22)23)18(26-4)10-17(19)13-21(24)25/h10-11,14-15H,5-9,12-13H2,1-4H3,(H,22,23)(H,24,25). The summed E-state index contributed by atoms with van der Waals surface area (Å²) in [5.41, 5.74) is 0.958. The molecule has 1 atom stereocenters. The number of hydrogen-bond acceptors (Lipinski definition) is 4. The highest BCUT2D eigenvalue weighted by atomic mass is 16.5. The van der Waals surface area contributed by atoms with Crippen LogP contribution in [0, 0.1) is 11.8 Å². The molecule has 0 radical (unpaired) electrons. The van der Waals surface area contributed by atoms with Crippen molar-refractivity contribution in [1.29, 1.82) is 0 Å². The van der Waals surface area contributed by atoms with E-state index in [4.69, 9.17) is 19.7 Å². The van der Waals surface area contributed by atoms with Gasteiger partial charge in [0, 0.05) is 11.1 Å². The first-order chi connectivity index (χ1) is 12.7. The molecule has 0 aliphatic carbocycles. The fourth-order valence-electron chi connectivity index (χ4n) is 2.96. The van der Waals surface area contributed by atoms with E-state index in [2.05, 4.69) is 20.8 Å². The highest BCUT2D eigenvalue weighted by molar-refractivity contribution is 5.74. The fraction of sp³-hybridized carbons (Fsp3) is 0.619. The van der Waals surface area contributed by atoms with Crippen molar-refractivity contribution in [3.05, 3.63) is 23.3 Å². The SMILES string of the molecule is COc1cc(CC(=O)O)c(OCCC(C)CCCC(C)C)cc1CC(=O)O. The van der Waals surface area contributed by atoms with E-state index in [0.717, 1.165) is 12.8 Å². The summed E-state index contributed by atoms with van der Waals surface area (Å²) in [5, 5.41) is 18.2. The maximum absolute atomic E-state index is 11.1. The predicted octanol–water partition coefficient (Wildman–Crippen LogP) is 4.18. The average Bonchev–Trinajstić information content (AvgIpc) is 2.55. The van der Waals surface area contributed by atoms with Crippen LogP contribution in [0.15, 0.2) is 12.1 Å². The molecule has 1 rings (SSSR count). The Labute approximate surface area is 161 Å². The van der Waals surface area contributed by atoms with Gasteiger partial charge in [-0.15, -0.1) is 0 Å². The molecule has 152 valence electrons. The minimum absolute atomic E-state index is 0.205. The zero-order valence-corrected chi connectivity index (χ0v) is 16.8. The van der Waals surface area contributed by atoms with E-state index in [9.17, 15) is 9.59 Å². The summed E-state index contributed by atoms with van der Waals surface area (Å²) in [6.07, 6.45) is 3.99. The Balaban J connectivity index is 2.80. The van der Waals surface area contributed by atoms with Crippen LogP contribution in [0.25, 0.3) is 0 Å². The molecule has 0 fully saturated rings. The molecule has 0 spiro atoms. The minimum Gasteiger partial charge on any atom is -0.496 e. The van der Waals surface area contributed by atoms with E-state index in [0.29, 0.717) is 41.1 Å². The third-order valence-corrected chi connectivity index (χ3v) is 4.49. The van der Waals surface area contributed by atoms with Crippen molar-refractivity contribution in [2.24, 2.45) is 11.8 Å². The van der Waals surface area contributed by atoms with Gasteiger partial charge in [0.2, 0.25) is 0 Å². The summed E-state index contributed by atoms with van der Waals surface area (Å²) < 4.78 is 11.1. The third-order valence-electron chi connectivity index (χ3n) is 4.49. The molecule has 0 aliphatic heterocycles. The second kappa shape index (κ2) is 11.5. The predicted molar refractivity (Wildman–Crippen MR) is 104 cm³/mol. The second-order valence-electron chi connectivity index (χ2n) is 7.48. The molecule has 0 saturated carbocycles. The normalized spacial score (nSPS) is 12.0. The maximum Gasteiger partial charge on any atom is 0.307 e. The summed E-state index contributed by atoms with van der Waals surface area (Å²) >= 11 is 0. The van der Waals surface area contributed by atoms with Gasteiger partial charge in [0.05, 0.1) is 26.6 Å². The topological polar surface area (TPSA) is 93.1 Å². The van der Waals surface area contributed by atoms with Crippen LogP contribution in [0.2, 0.25) is 0 Å². The lowest BCUT2D eigenvalue weighted by Gasteiger charge is -2.17. The Morgan fingerprint density at radius 3 is 2.00 bits per heavy atom. The quantitative estimate of drug-likeness (QED) is 0.533. The number of rotatable bonds is 13. The molecular formula is C21H32O6. The average molecular weight is 380 g/mol. The Morgan fingerprint density at radius 1 is 0.926 bits per heavy atom. The van der Waals surface area contributed by atoms with Gasteiger partial charge in [-0.2, -0.15) is 0 Å². The molecule has 6 nitrogen and oxygen atoms in total. The number of carboxylic acid groups (broad SMARTS) is 2. The lowest BCUT2D eigenvalue weighted by Crippen LogP contribution is -2.10. The summed E-state index contributed by atoms with van der Waals surface area (Å²) in [7, 11) is 1.44. The van der Waals surface area contributed by atoms with Crippen LogP contribution in [0.1, 0.15) is 57.6 Å². The maximum atomic E-state index is 11.1. The summed E-state index contributed by atoms with van der Waals surface area (Å²) in [6, 6.07) is 3.16. The molecule has 0 heterocycles. The number of hydrogen-bond donors (Lipinski definition) is 2. The largest absolute Gasteiger partial charge is 0.496 e. The van der Waals surface area contributed by atoms with Crippen molar-refractivity contribution in [3.63, 3.8) is 0 Å². The smallest absolute Gasteiger partial charge is 0.307 e. The second-order valence-corrected chi connectivity index (χ2v) is 7.48. The van der Waals surface area contributed by atoms with Gasteiger partial charge in [-0.3, -0.25) is 9.59 Å². The van der Waals surface area contributed by atoms with E-state index in [1.54, 1.807) is 12.1 Å². The molecule has 1 unspecified atom stereocenters. The number of aliphatic carboxylic acids is 2. The van der Waals surface area contributed by atoms with Crippen LogP contribution in [0.4, 0.5) is 0 Å². The van der Waals surface area contributed by atoms with Crippen molar-refractivity contribution in [1.82, 2.24) is 0 Å². The Bertz CT molecular complexity index is 623. The van der Waals surface area contributed by atoms with Gasteiger partial charge in [0.25, 0.3) is 0 Å². The van der Waals surface area contributed by atoms with Gasteiger partial charge in [0.1, 0.15) is 11.5 Å². The van der Waals surface area contributed by atoms with E-state index in [1.165, 1.54) is 20.0 Å². The number of benzene rings is 1. The summed E-state index contributed by atoms with van der Waals surface area (Å²) in [6.45, 7) is 7.09. The fourth-order valence-corrected chi connectivity index (χ4v) is 2.96. The van der Waals surface area contributed by atoms with E-state index in [1.807, 2.05) is 0 Å². The molecule has 0 saturated heterocycles. The number of carboxylic acids is 2. The Hall–Kier alpha value is -2.24. The Morgan fingerprint density at radius 2 is 1.48 bits per heavy atom. The van der Waals surface area contributed by atoms with Crippen LogP contribution in [0.3, 0.4) is 0 Å². The van der Waals surface area contributed by atoms with Gasteiger partial charge < -0.3 is 19.7 Å². The molecule has 1 aromatic carbocycles. The lowest BCUT2D eigenvalue weighted by atomic mass is 9.97. The van der Waals surface area contributed by atoms with Gasteiger partial charge in [0.15, 0.2) is 0 Å². The summed E-state index contributed by atoms with van der Waals surface area (Å²) in [4.78, 5) is 22.2. The zero-order valence-electron chi connectivity index (χ0n) is 16.8. The van der Waals surface area contributed by atoms with Crippen molar-refractivity contribution < 1.29 is 29.3 Å². The summed E-state index contributed by atoms with van der Waals surface area (Å²) in [5.74, 6) is 0.0493. The zero-order chi connectivity index (χ0) is 20.4. The minimum atomic E-state index is -0.982. The molecule has 1 aromatic rings.